The average molecular weight is 1520 g/mol. The van der Waals surface area contributed by atoms with Crippen LogP contribution in [0.2, 0.25) is 0 Å². The van der Waals surface area contributed by atoms with E-state index in [1.807, 2.05) is 146 Å². The van der Waals surface area contributed by atoms with Crippen LogP contribution in [0.15, 0.2) is 24.3 Å². The van der Waals surface area contributed by atoms with Gasteiger partial charge in [-0.1, -0.05) is 0 Å². The SMILES string of the molecule is CN(C(=O)N(CC(O)CN(C(=O)c1c(I)cc(I)cc1I)C(=O)N(C)C(CO)C(O)(CO)NC(=O)CO)C(=O)c1c(I)cc(I)cc1I)C(CO)C(O)(CO)NC(=O)CO. The molecule has 0 fully saturated rings. The number of carbonyl (C=O) groups is 6. The molecule has 0 aromatic heterocycles. The molecule has 2 rings (SSSR count). The van der Waals surface area contributed by atoms with Crippen LogP contribution in [0.1, 0.15) is 20.7 Å². The summed E-state index contributed by atoms with van der Waals surface area (Å²) in [7, 11) is 1.99. The summed E-state index contributed by atoms with van der Waals surface area (Å²) >= 11 is 11.4. The third-order valence-electron chi connectivity index (χ3n) is 8.65. The topological polar surface area (TPSA) is 322 Å². The number of carbonyl (C=O) groups excluding carboxylic acids is 6. The molecule has 11 N–H and O–H groups in total. The molecule has 4 unspecified atom stereocenters. The van der Waals surface area contributed by atoms with Crippen molar-refractivity contribution in [3.05, 3.63) is 56.8 Å². The molecule has 0 aliphatic rings. The molecule has 60 heavy (non-hydrogen) atoms. The number of hydrogen-bond donors (Lipinski definition) is 11. The van der Waals surface area contributed by atoms with Crippen molar-refractivity contribution in [1.82, 2.24) is 30.2 Å². The fraction of sp³-hybridized carbons (Fsp3) is 0.455. The Bertz CT molecular complexity index is 1760. The summed E-state index contributed by atoms with van der Waals surface area (Å²) in [5, 5.41) is 96.9. The van der Waals surface area contributed by atoms with Crippen molar-refractivity contribution >= 4 is 171 Å². The van der Waals surface area contributed by atoms with E-state index in [1.165, 1.54) is 0 Å². The normalized spacial score (nSPS) is 14.8. The number of halogens is 6. The molecular weight excluding hydrogens is 1480 g/mol. The van der Waals surface area contributed by atoms with Crippen LogP contribution in [0.4, 0.5) is 9.59 Å². The van der Waals surface area contributed by atoms with Gasteiger partial charge in [-0.3, -0.25) is 29.0 Å². The first-order chi connectivity index (χ1) is 27.9. The Morgan fingerprint density at radius 3 is 1.10 bits per heavy atom. The number of nitrogens with one attached hydrogen (secondary N) is 2. The second-order valence-corrected chi connectivity index (χ2v) is 19.9. The van der Waals surface area contributed by atoms with Crippen LogP contribution in [0, 0.1) is 21.4 Å². The van der Waals surface area contributed by atoms with Crippen molar-refractivity contribution in [1.29, 1.82) is 0 Å². The van der Waals surface area contributed by atoms with E-state index in [2.05, 4.69) is 0 Å². The van der Waals surface area contributed by atoms with Crippen LogP contribution in [-0.2, 0) is 9.59 Å². The highest BCUT2D eigenvalue weighted by Gasteiger charge is 2.46. The van der Waals surface area contributed by atoms with E-state index in [-0.39, 0.29) is 11.1 Å². The van der Waals surface area contributed by atoms with Crippen molar-refractivity contribution in [3.63, 3.8) is 0 Å². The van der Waals surface area contributed by atoms with Gasteiger partial charge in [-0.05, 0) is 160 Å². The summed E-state index contributed by atoms with van der Waals surface area (Å²) < 4.78 is 2.81. The van der Waals surface area contributed by atoms with Gasteiger partial charge in [0, 0.05) is 35.5 Å². The van der Waals surface area contributed by atoms with Crippen LogP contribution in [0.25, 0.3) is 0 Å². The lowest BCUT2D eigenvalue weighted by Crippen LogP contribution is -2.68. The van der Waals surface area contributed by atoms with E-state index < -0.39 is 118 Å². The van der Waals surface area contributed by atoms with Gasteiger partial charge < -0.3 is 66.4 Å². The Morgan fingerprint density at radius 1 is 0.583 bits per heavy atom. The van der Waals surface area contributed by atoms with Crippen LogP contribution >= 0.6 is 136 Å². The number of rotatable bonds is 18. The lowest BCUT2D eigenvalue weighted by atomic mass is 10.0. The first-order valence-corrected chi connectivity index (χ1v) is 23.3. The Kier molecular flexibility index (Phi) is 22.7. The van der Waals surface area contributed by atoms with E-state index in [0.717, 1.165) is 14.1 Å². The monoisotopic (exact) mass is 1520 g/mol. The predicted octanol–water partition coefficient (Wildman–Crippen LogP) is -1.34. The number of nitrogens with zero attached hydrogens (tertiary/aromatic N) is 4. The minimum absolute atomic E-state index is 0.0390. The molecule has 0 bridgehead atoms. The Balaban J connectivity index is 2.80. The second-order valence-electron chi connectivity index (χ2n) is 12.7. The number of amides is 8. The molecule has 21 nitrogen and oxygen atoms in total. The smallest absolute Gasteiger partial charge is 0.327 e. The molecule has 0 spiro atoms. The molecule has 0 aliphatic heterocycles. The molecule has 2 aromatic rings. The molecular formula is C33H40I6N6O15. The zero-order valence-electron chi connectivity index (χ0n) is 31.2. The van der Waals surface area contributed by atoms with Crippen molar-refractivity contribution in [2.24, 2.45) is 0 Å². The first-order valence-electron chi connectivity index (χ1n) is 16.8. The van der Waals surface area contributed by atoms with Gasteiger partial charge in [0.2, 0.25) is 11.8 Å². The van der Waals surface area contributed by atoms with Gasteiger partial charge in [-0.2, -0.15) is 0 Å². The van der Waals surface area contributed by atoms with Gasteiger partial charge >= 0.3 is 12.1 Å². The van der Waals surface area contributed by atoms with Crippen LogP contribution < -0.4 is 10.6 Å². The predicted molar refractivity (Wildman–Crippen MR) is 260 cm³/mol. The van der Waals surface area contributed by atoms with Gasteiger partial charge in [0.25, 0.3) is 11.8 Å². The Morgan fingerprint density at radius 2 is 0.867 bits per heavy atom. The Hall–Kier alpha value is -0.720. The third kappa shape index (κ3) is 13.7. The fourth-order valence-corrected chi connectivity index (χ4v) is 13.7. The standard InChI is InChI=1S/C33H40I6N6O15/c1-42(22(9-46)32(59,13-50)40-24(53)11-48)30(57)44(28(55)26-18(36)3-15(34)4-19(26)37)7-17(52)8-45(29(56)27-20(38)5-16(35)6-21(27)39)31(58)43(2)23(10-47)33(60,14-51)41-25(54)12-49/h3-6,17,22-23,46-52,59-60H,7-14H2,1-2H3,(H,40,53)(H,41,54). The summed E-state index contributed by atoms with van der Waals surface area (Å²) in [6, 6.07) is -0.00289. The third-order valence-corrected chi connectivity index (χ3v) is 13.3. The van der Waals surface area contributed by atoms with Crippen molar-refractivity contribution in [2.75, 3.05) is 66.8 Å². The molecule has 4 atom stereocenters. The summed E-state index contributed by atoms with van der Waals surface area (Å²) in [6.45, 7) is -9.16. The van der Waals surface area contributed by atoms with Crippen LogP contribution in [0.5, 0.6) is 0 Å². The Labute approximate surface area is 424 Å². The summed E-state index contributed by atoms with van der Waals surface area (Å²) in [4.78, 5) is 83.7. The molecule has 0 saturated carbocycles. The lowest BCUT2D eigenvalue weighted by molar-refractivity contribution is -0.145. The fourth-order valence-electron chi connectivity index (χ4n) is 5.59. The average Bonchev–Trinajstić information content (AvgIpc) is 3.17. The minimum Gasteiger partial charge on any atom is -0.394 e. The van der Waals surface area contributed by atoms with Gasteiger partial charge in [0.1, 0.15) is 25.3 Å². The molecule has 334 valence electrons. The zero-order valence-corrected chi connectivity index (χ0v) is 44.2. The van der Waals surface area contributed by atoms with Crippen LogP contribution in [-0.4, -0.2) is 198 Å². The number of aliphatic hydroxyl groups is 9. The number of urea groups is 2. The lowest BCUT2D eigenvalue weighted by Gasteiger charge is -2.41. The maximum Gasteiger partial charge on any atom is 0.327 e. The van der Waals surface area contributed by atoms with E-state index in [1.54, 1.807) is 24.3 Å². The molecule has 27 heteroatoms. The molecule has 0 saturated heterocycles. The molecule has 0 radical (unpaired) electrons. The van der Waals surface area contributed by atoms with Gasteiger partial charge in [-0.25, -0.2) is 9.59 Å². The summed E-state index contributed by atoms with van der Waals surface area (Å²) in [5.74, 6) is -4.50. The first kappa shape index (κ1) is 55.4. The van der Waals surface area contributed by atoms with Crippen LogP contribution in [0.3, 0.4) is 0 Å². The summed E-state index contributed by atoms with van der Waals surface area (Å²) in [5.41, 5.74) is -5.64. The second kappa shape index (κ2) is 24.5. The number of likely N-dealkylation sites (N-methyl/N-ethyl adjacent to an activating group) is 2. The van der Waals surface area contributed by atoms with Gasteiger partial charge in [0.15, 0.2) is 11.4 Å². The van der Waals surface area contributed by atoms with Crippen molar-refractivity contribution in [2.45, 2.75) is 29.6 Å². The van der Waals surface area contributed by atoms with E-state index >= 15 is 0 Å². The highest BCUT2D eigenvalue weighted by atomic mass is 127. The zero-order chi connectivity index (χ0) is 46.0. The molecule has 2 aromatic carbocycles. The van der Waals surface area contributed by atoms with Gasteiger partial charge in [0.05, 0.1) is 56.7 Å². The maximum atomic E-state index is 14.4. The van der Waals surface area contributed by atoms with Crippen molar-refractivity contribution in [3.8, 4) is 0 Å². The number of benzene rings is 2. The van der Waals surface area contributed by atoms with E-state index in [4.69, 9.17) is 0 Å². The van der Waals surface area contributed by atoms with Crippen molar-refractivity contribution < 1.29 is 74.7 Å². The summed E-state index contributed by atoms with van der Waals surface area (Å²) in [6.07, 6.45) is -2.01. The maximum absolute atomic E-state index is 14.4. The van der Waals surface area contributed by atoms with Gasteiger partial charge in [-0.15, -0.1) is 0 Å². The molecule has 0 aliphatic carbocycles. The highest BCUT2D eigenvalue weighted by Crippen LogP contribution is 2.28. The largest absolute Gasteiger partial charge is 0.394 e. The molecule has 8 amide bonds. The number of hydrogen-bond acceptors (Lipinski definition) is 15. The minimum atomic E-state index is -2.78. The number of imide groups is 2. The molecule has 0 heterocycles. The van der Waals surface area contributed by atoms with E-state index in [9.17, 15) is 74.7 Å². The highest BCUT2D eigenvalue weighted by molar-refractivity contribution is 14.1. The quantitative estimate of drug-likeness (QED) is 0.0609. The number of aliphatic hydroxyl groups excluding tert-OH is 7. The van der Waals surface area contributed by atoms with E-state index in [0.29, 0.717) is 41.0 Å².